The van der Waals surface area contributed by atoms with E-state index in [-0.39, 0.29) is 0 Å². The summed E-state index contributed by atoms with van der Waals surface area (Å²) in [6.07, 6.45) is 0. The molecule has 0 unspecified atom stereocenters. The molecule has 0 bridgehead atoms. The molecule has 0 aliphatic rings. The number of rotatable bonds is 0. The highest BCUT2D eigenvalue weighted by atomic mass is 14.0. The largest absolute Gasteiger partial charge is 0.130 e. The first kappa shape index (κ1) is 7.48. The number of hydrogen-bond acceptors (Lipinski definition) is 0. The van der Waals surface area contributed by atoms with E-state index in [4.69, 9.17) is 0 Å². The smallest absolute Gasteiger partial charge is 0.0854 e. The molecule has 0 aromatic heterocycles. The molecule has 0 saturated heterocycles. The zero-order valence-electron chi connectivity index (χ0n) is 6.88. The molecule has 2 heteroatoms. The molecule has 12 heavy (non-hydrogen) atoms. The minimum absolute atomic E-state index is 1.05. The van der Waals surface area contributed by atoms with Crippen molar-refractivity contribution in [1.29, 1.82) is 0 Å². The van der Waals surface area contributed by atoms with Gasteiger partial charge >= 0.3 is 0 Å². The maximum absolute atomic E-state index is 3.97. The van der Waals surface area contributed by atoms with Gasteiger partial charge in [-0.3, -0.25) is 0 Å². The zero-order valence-corrected chi connectivity index (χ0v) is 6.88. The maximum Gasteiger partial charge on any atom is 0.130 e. The topological polar surface area (TPSA) is 0 Å². The van der Waals surface area contributed by atoms with Gasteiger partial charge in [0.25, 0.3) is 0 Å². The fraction of sp³-hybridized carbons (Fsp3) is 0. The molecular weight excluding hydrogens is 142 g/mol. The Labute approximate surface area is 74.4 Å². The van der Waals surface area contributed by atoms with Crippen LogP contribution in [0.5, 0.6) is 0 Å². The Balaban J connectivity index is 2.96. The van der Waals surface area contributed by atoms with Crippen LogP contribution in [-0.4, -0.2) is 15.7 Å². The molecule has 54 valence electrons. The molecule has 2 aromatic rings. The van der Waals surface area contributed by atoms with Crippen molar-refractivity contribution in [2.24, 2.45) is 0 Å². The summed E-state index contributed by atoms with van der Waals surface area (Å²) in [7, 11) is 7.94. The molecular formula is C10H8B2. The van der Waals surface area contributed by atoms with Gasteiger partial charge in [0.05, 0.1) is 0 Å². The van der Waals surface area contributed by atoms with E-state index in [1.165, 1.54) is 10.8 Å². The molecule has 0 spiro atoms. The fourth-order valence-corrected chi connectivity index (χ4v) is 1.50. The number of fused-ring (bicyclic) bond motifs is 1. The van der Waals surface area contributed by atoms with E-state index in [2.05, 4.69) is 27.8 Å². The van der Waals surface area contributed by atoms with E-state index >= 15 is 0 Å². The second kappa shape index (κ2) is 2.71. The van der Waals surface area contributed by atoms with E-state index in [1.54, 1.807) is 0 Å². The van der Waals surface area contributed by atoms with Crippen molar-refractivity contribution in [2.75, 3.05) is 0 Å². The van der Waals surface area contributed by atoms with Crippen molar-refractivity contribution in [2.45, 2.75) is 0 Å². The highest BCUT2D eigenvalue weighted by molar-refractivity contribution is 6.47. The van der Waals surface area contributed by atoms with E-state index in [9.17, 15) is 0 Å². The minimum atomic E-state index is 1.05. The Hall–Kier alpha value is -1.17. The summed E-state index contributed by atoms with van der Waals surface area (Å²) in [5.74, 6) is 0. The molecule has 0 heterocycles. The van der Waals surface area contributed by atoms with Crippen LogP contribution < -0.4 is 10.9 Å². The predicted molar refractivity (Wildman–Crippen MR) is 57.5 cm³/mol. The van der Waals surface area contributed by atoms with Crippen LogP contribution in [0.3, 0.4) is 0 Å². The van der Waals surface area contributed by atoms with Gasteiger partial charge in [-0.2, -0.15) is 0 Å². The van der Waals surface area contributed by atoms with Crippen molar-refractivity contribution in [3.8, 4) is 0 Å². The molecule has 0 aliphatic heterocycles. The molecule has 2 aromatic carbocycles. The van der Waals surface area contributed by atoms with E-state index in [0.29, 0.717) is 0 Å². The van der Waals surface area contributed by atoms with Crippen molar-refractivity contribution in [1.82, 2.24) is 0 Å². The summed E-state index contributed by atoms with van der Waals surface area (Å²) in [4.78, 5) is 0. The van der Waals surface area contributed by atoms with Gasteiger partial charge in [0, 0.05) is 0 Å². The van der Waals surface area contributed by atoms with Gasteiger partial charge in [-0.25, -0.2) is 0 Å². The first-order valence-corrected chi connectivity index (χ1v) is 3.95. The van der Waals surface area contributed by atoms with E-state index < -0.39 is 0 Å². The van der Waals surface area contributed by atoms with Crippen LogP contribution in [0.4, 0.5) is 0 Å². The van der Waals surface area contributed by atoms with Crippen molar-refractivity contribution >= 4 is 37.4 Å². The molecule has 2 rings (SSSR count). The van der Waals surface area contributed by atoms with E-state index in [1.807, 2.05) is 24.3 Å². The summed E-state index contributed by atoms with van der Waals surface area (Å²) in [6.45, 7) is 0. The van der Waals surface area contributed by atoms with Crippen molar-refractivity contribution in [3.63, 3.8) is 0 Å². The van der Waals surface area contributed by atoms with Crippen LogP contribution in [0, 0.1) is 0 Å². The monoisotopic (exact) mass is 150 g/mol. The average molecular weight is 150 g/mol. The lowest BCUT2D eigenvalue weighted by molar-refractivity contribution is 1.82. The lowest BCUT2D eigenvalue weighted by atomic mass is 9.82. The second-order valence-corrected chi connectivity index (χ2v) is 2.93. The summed E-state index contributed by atoms with van der Waals surface area (Å²) >= 11 is 0. The quantitative estimate of drug-likeness (QED) is 0.459. The maximum atomic E-state index is 3.97. The van der Waals surface area contributed by atoms with Crippen LogP contribution in [0.1, 0.15) is 0 Å². The molecule has 0 nitrogen and oxygen atoms in total. The first-order chi connectivity index (χ1) is 5.79. The van der Waals surface area contributed by atoms with Gasteiger partial charge < -0.3 is 0 Å². The van der Waals surface area contributed by atoms with E-state index in [0.717, 1.165) is 10.9 Å². The van der Waals surface area contributed by atoms with Crippen LogP contribution in [0.15, 0.2) is 36.4 Å². The normalized spacial score (nSPS) is 10.3. The van der Waals surface area contributed by atoms with Gasteiger partial charge in [-0.15, -0.1) is 0 Å². The lowest BCUT2D eigenvalue weighted by Crippen LogP contribution is -2.14. The molecule has 0 aliphatic carbocycles. The summed E-state index contributed by atoms with van der Waals surface area (Å²) in [5, 5.41) is 2.40. The SMILES string of the molecule is [BH]c1cccc2cccc([BH])c12. The minimum Gasteiger partial charge on any atom is -0.0854 e. The Morgan fingerprint density at radius 3 is 1.67 bits per heavy atom. The molecule has 2 radical (unpaired) electrons. The Kier molecular flexibility index (Phi) is 1.69. The van der Waals surface area contributed by atoms with Gasteiger partial charge in [-0.05, 0) is 10.8 Å². The molecule has 0 N–H and O–H groups in total. The standard InChI is InChI=1S/C10H8B2/c11-8-5-1-3-7-4-2-6-9(12)10(7)8/h1-6,11-12H. The third-order valence-corrected chi connectivity index (χ3v) is 2.08. The molecule has 0 amide bonds. The molecule has 0 atom stereocenters. The average Bonchev–Trinajstić information content (AvgIpc) is 2.04. The van der Waals surface area contributed by atoms with Crippen LogP contribution >= 0.6 is 0 Å². The second-order valence-electron chi connectivity index (χ2n) is 2.93. The summed E-state index contributed by atoms with van der Waals surface area (Å²) < 4.78 is 0. The van der Waals surface area contributed by atoms with Crippen LogP contribution in [0.2, 0.25) is 0 Å². The number of hydrogen-bond donors (Lipinski definition) is 0. The van der Waals surface area contributed by atoms with Gasteiger partial charge in [0.15, 0.2) is 0 Å². The van der Waals surface area contributed by atoms with Crippen molar-refractivity contribution in [3.05, 3.63) is 36.4 Å². The van der Waals surface area contributed by atoms with Gasteiger partial charge in [0.2, 0.25) is 0 Å². The predicted octanol–water partition coefficient (Wildman–Crippen LogP) is -0.108. The fourth-order valence-electron chi connectivity index (χ4n) is 1.50. The Morgan fingerprint density at radius 2 is 1.25 bits per heavy atom. The zero-order chi connectivity index (χ0) is 8.55. The van der Waals surface area contributed by atoms with Crippen molar-refractivity contribution < 1.29 is 0 Å². The lowest BCUT2D eigenvalue weighted by Gasteiger charge is -2.04. The molecule has 0 saturated carbocycles. The third kappa shape index (κ3) is 1.04. The highest BCUT2D eigenvalue weighted by Crippen LogP contribution is 2.06. The summed E-state index contributed by atoms with van der Waals surface area (Å²) in [6, 6.07) is 12.2. The Bertz CT molecular complexity index is 384. The highest BCUT2D eigenvalue weighted by Gasteiger charge is 1.97. The van der Waals surface area contributed by atoms with Gasteiger partial charge in [0.1, 0.15) is 15.7 Å². The number of benzene rings is 2. The van der Waals surface area contributed by atoms with Crippen LogP contribution in [0.25, 0.3) is 10.8 Å². The van der Waals surface area contributed by atoms with Gasteiger partial charge in [-0.1, -0.05) is 47.3 Å². The third-order valence-electron chi connectivity index (χ3n) is 2.08. The summed E-state index contributed by atoms with van der Waals surface area (Å²) in [5.41, 5.74) is 2.11. The van der Waals surface area contributed by atoms with Crippen LogP contribution in [-0.2, 0) is 0 Å². The molecule has 0 fully saturated rings. The Morgan fingerprint density at radius 1 is 0.750 bits per heavy atom. The first-order valence-electron chi connectivity index (χ1n) is 3.95.